The fourth-order valence-electron chi connectivity index (χ4n) is 6.21. The van der Waals surface area contributed by atoms with Gasteiger partial charge in [-0.05, 0) is 87.9 Å². The molecule has 0 aromatic carbocycles. The van der Waals surface area contributed by atoms with Gasteiger partial charge >= 0.3 is 11.9 Å². The summed E-state index contributed by atoms with van der Waals surface area (Å²) < 4.78 is 21.3. The van der Waals surface area contributed by atoms with E-state index in [0.29, 0.717) is 0 Å². The number of carbonyl (C=O) groups excluding carboxylic acids is 2. The molecule has 3 aliphatic carbocycles. The molecule has 3 rings (SSSR count). The van der Waals surface area contributed by atoms with Crippen LogP contribution >= 0.6 is 0 Å². The van der Waals surface area contributed by atoms with Gasteiger partial charge in [0.25, 0.3) is 0 Å². The van der Waals surface area contributed by atoms with Crippen molar-refractivity contribution >= 4 is 11.9 Å². The van der Waals surface area contributed by atoms with Crippen molar-refractivity contribution in [2.24, 2.45) is 23.7 Å². The average Bonchev–Trinajstić information content (AvgIpc) is 2.87. The quantitative estimate of drug-likeness (QED) is 0.193. The lowest BCUT2D eigenvalue weighted by Crippen LogP contribution is -2.27. The van der Waals surface area contributed by atoms with Gasteiger partial charge in [0, 0.05) is 12.2 Å². The number of hydrogen-bond acceptors (Lipinski definition) is 6. The Labute approximate surface area is 205 Å². The molecule has 0 saturated heterocycles. The zero-order valence-electron chi connectivity index (χ0n) is 20.8. The lowest BCUT2D eigenvalue weighted by atomic mass is 9.71. The summed E-state index contributed by atoms with van der Waals surface area (Å²) in [7, 11) is 0. The van der Waals surface area contributed by atoms with Crippen molar-refractivity contribution in [2.45, 2.75) is 102 Å². The lowest BCUT2D eigenvalue weighted by Gasteiger charge is -2.36. The smallest absolute Gasteiger partial charge is 0.332 e. The summed E-state index contributed by atoms with van der Waals surface area (Å²) >= 11 is 0. The van der Waals surface area contributed by atoms with Crippen LogP contribution in [0.25, 0.3) is 0 Å². The van der Waals surface area contributed by atoms with E-state index in [9.17, 15) is 9.59 Å². The van der Waals surface area contributed by atoms with Crippen molar-refractivity contribution in [3.05, 3.63) is 25.3 Å². The summed E-state index contributed by atoms with van der Waals surface area (Å²) in [5, 5.41) is 0. The van der Waals surface area contributed by atoms with Gasteiger partial charge in [0.1, 0.15) is 0 Å². The molecule has 3 fully saturated rings. The van der Waals surface area contributed by atoms with Gasteiger partial charge in [0.15, 0.2) is 13.6 Å². The van der Waals surface area contributed by atoms with Gasteiger partial charge in [-0.2, -0.15) is 0 Å². The first-order chi connectivity index (χ1) is 16.6. The van der Waals surface area contributed by atoms with E-state index in [-0.39, 0.29) is 25.8 Å². The lowest BCUT2D eigenvalue weighted by molar-refractivity contribution is -0.158. The van der Waals surface area contributed by atoms with E-state index in [0.717, 1.165) is 49.4 Å². The van der Waals surface area contributed by atoms with Crippen molar-refractivity contribution < 1.29 is 28.5 Å². The summed E-state index contributed by atoms with van der Waals surface area (Å²) in [5.41, 5.74) is 0. The molecule has 0 unspecified atom stereocenters. The SMILES string of the molecule is C=CC(=O)OCOC1CCC(CC2CCC(CC3CCC(OCOC(=O)C=C)CC3)CC2)CC1. The standard InChI is InChI=1S/C28H44O6/c1-3-27(29)33-19-31-25-13-9-23(10-14-25)17-21-5-7-22(8-6-21)18-24-11-15-26(16-12-24)32-20-34-28(30)4-2/h3-4,21-26H,1-2,5-20H2. The van der Waals surface area contributed by atoms with Crippen LogP contribution in [0.4, 0.5) is 0 Å². The van der Waals surface area contributed by atoms with E-state index >= 15 is 0 Å². The number of ether oxygens (including phenoxy) is 4. The van der Waals surface area contributed by atoms with Crippen molar-refractivity contribution in [2.75, 3.05) is 13.6 Å². The van der Waals surface area contributed by atoms with Crippen LogP contribution in [-0.4, -0.2) is 37.7 Å². The van der Waals surface area contributed by atoms with Gasteiger partial charge in [0.2, 0.25) is 0 Å². The summed E-state index contributed by atoms with van der Waals surface area (Å²) in [5.74, 6) is 2.62. The Morgan fingerprint density at radius 3 is 1.15 bits per heavy atom. The van der Waals surface area contributed by atoms with Crippen LogP contribution in [0.15, 0.2) is 25.3 Å². The number of hydrogen-bond donors (Lipinski definition) is 0. The van der Waals surface area contributed by atoms with Crippen LogP contribution in [-0.2, 0) is 28.5 Å². The minimum absolute atomic E-state index is 0.0457. The molecular formula is C28H44O6. The fourth-order valence-corrected chi connectivity index (χ4v) is 6.21. The first-order valence-electron chi connectivity index (χ1n) is 13.4. The number of rotatable bonds is 12. The summed E-state index contributed by atoms with van der Waals surface area (Å²) in [4.78, 5) is 22.2. The second-order valence-electron chi connectivity index (χ2n) is 10.5. The van der Waals surface area contributed by atoms with Crippen molar-refractivity contribution in [1.29, 1.82) is 0 Å². The third kappa shape index (κ3) is 9.53. The largest absolute Gasteiger partial charge is 0.435 e. The van der Waals surface area contributed by atoms with Crippen molar-refractivity contribution in [3.8, 4) is 0 Å². The van der Waals surface area contributed by atoms with Crippen LogP contribution in [0, 0.1) is 23.7 Å². The highest BCUT2D eigenvalue weighted by molar-refractivity contribution is 5.81. The zero-order chi connectivity index (χ0) is 24.2. The predicted octanol–water partition coefficient (Wildman–Crippen LogP) is 6.10. The fraction of sp³-hybridized carbons (Fsp3) is 0.786. The number of esters is 2. The van der Waals surface area contributed by atoms with Gasteiger partial charge < -0.3 is 18.9 Å². The Bertz CT molecular complexity index is 581. The second kappa shape index (κ2) is 14.7. The van der Waals surface area contributed by atoms with E-state index in [2.05, 4.69) is 13.2 Å². The van der Waals surface area contributed by atoms with E-state index in [1.165, 1.54) is 76.4 Å². The highest BCUT2D eigenvalue weighted by atomic mass is 16.7. The van der Waals surface area contributed by atoms with E-state index in [1.807, 2.05) is 0 Å². The van der Waals surface area contributed by atoms with Crippen LogP contribution in [0.5, 0.6) is 0 Å². The van der Waals surface area contributed by atoms with Crippen molar-refractivity contribution in [1.82, 2.24) is 0 Å². The molecule has 0 atom stereocenters. The minimum Gasteiger partial charge on any atom is -0.435 e. The Balaban J connectivity index is 1.22. The normalized spacial score (nSPS) is 31.9. The summed E-state index contributed by atoms with van der Waals surface area (Å²) in [6.45, 7) is 6.88. The Kier molecular flexibility index (Phi) is 11.6. The summed E-state index contributed by atoms with van der Waals surface area (Å²) in [6.07, 6.45) is 20.4. The Morgan fingerprint density at radius 1 is 0.559 bits per heavy atom. The van der Waals surface area contributed by atoms with E-state index in [4.69, 9.17) is 18.9 Å². The Hall–Kier alpha value is -1.66. The molecule has 0 spiro atoms. The molecule has 3 saturated carbocycles. The zero-order valence-corrected chi connectivity index (χ0v) is 20.8. The van der Waals surface area contributed by atoms with E-state index < -0.39 is 11.9 Å². The molecule has 192 valence electrons. The monoisotopic (exact) mass is 476 g/mol. The van der Waals surface area contributed by atoms with Gasteiger partial charge in [-0.3, -0.25) is 0 Å². The maximum atomic E-state index is 11.1. The van der Waals surface area contributed by atoms with Crippen LogP contribution in [0.3, 0.4) is 0 Å². The molecule has 0 radical (unpaired) electrons. The molecule has 0 heterocycles. The highest BCUT2D eigenvalue weighted by Gasteiger charge is 2.30. The van der Waals surface area contributed by atoms with Gasteiger partial charge in [-0.15, -0.1) is 0 Å². The molecule has 0 amide bonds. The van der Waals surface area contributed by atoms with Gasteiger partial charge in [0.05, 0.1) is 12.2 Å². The van der Waals surface area contributed by atoms with Gasteiger partial charge in [-0.25, -0.2) is 9.59 Å². The molecule has 34 heavy (non-hydrogen) atoms. The molecule has 6 heteroatoms. The van der Waals surface area contributed by atoms with E-state index in [1.54, 1.807) is 0 Å². The topological polar surface area (TPSA) is 71.1 Å². The maximum Gasteiger partial charge on any atom is 0.332 e. The molecule has 0 aromatic rings. The van der Waals surface area contributed by atoms with Gasteiger partial charge in [-0.1, -0.05) is 38.8 Å². The molecule has 0 bridgehead atoms. The maximum absolute atomic E-state index is 11.1. The Morgan fingerprint density at radius 2 is 0.853 bits per heavy atom. The number of carbonyl (C=O) groups is 2. The molecule has 0 N–H and O–H groups in total. The molecule has 6 nitrogen and oxygen atoms in total. The second-order valence-corrected chi connectivity index (χ2v) is 10.5. The third-order valence-corrected chi connectivity index (χ3v) is 8.23. The molecular weight excluding hydrogens is 432 g/mol. The average molecular weight is 477 g/mol. The van der Waals surface area contributed by atoms with Crippen LogP contribution in [0.1, 0.15) is 89.9 Å². The first-order valence-corrected chi connectivity index (χ1v) is 13.4. The predicted molar refractivity (Wildman–Crippen MR) is 131 cm³/mol. The first kappa shape index (κ1) is 26.9. The molecule has 3 aliphatic rings. The van der Waals surface area contributed by atoms with Crippen LogP contribution in [0.2, 0.25) is 0 Å². The molecule has 0 aliphatic heterocycles. The highest BCUT2D eigenvalue weighted by Crippen LogP contribution is 2.41. The van der Waals surface area contributed by atoms with Crippen molar-refractivity contribution in [3.63, 3.8) is 0 Å². The minimum atomic E-state index is -0.422. The van der Waals surface area contributed by atoms with Crippen LogP contribution < -0.4 is 0 Å². The summed E-state index contributed by atoms with van der Waals surface area (Å²) in [6, 6.07) is 0. The third-order valence-electron chi connectivity index (χ3n) is 8.23. The molecule has 0 aromatic heterocycles.